The van der Waals surface area contributed by atoms with Gasteiger partial charge in [-0.2, -0.15) is 5.01 Å². The van der Waals surface area contributed by atoms with Gasteiger partial charge in [-0.05, 0) is 53.7 Å². The highest BCUT2D eigenvalue weighted by atomic mass is 32.2. The summed E-state index contributed by atoms with van der Waals surface area (Å²) in [6.45, 7) is 0.513. The summed E-state index contributed by atoms with van der Waals surface area (Å²) in [4.78, 5) is 25.7. The third kappa shape index (κ3) is 5.65. The summed E-state index contributed by atoms with van der Waals surface area (Å²) >= 11 is 6.43. The number of hydrogen-bond donors (Lipinski definition) is 1. The van der Waals surface area contributed by atoms with Crippen molar-refractivity contribution in [1.82, 2.24) is 10.4 Å². The molecule has 34 heavy (non-hydrogen) atoms. The fourth-order valence-electron chi connectivity index (χ4n) is 3.29. The summed E-state index contributed by atoms with van der Waals surface area (Å²) in [7, 11) is 1.57. The van der Waals surface area contributed by atoms with Gasteiger partial charge in [0.2, 0.25) is 0 Å². The van der Waals surface area contributed by atoms with Crippen LogP contribution in [0.3, 0.4) is 0 Å². The van der Waals surface area contributed by atoms with Crippen LogP contribution in [0, 0.1) is 0 Å². The zero-order chi connectivity index (χ0) is 23.9. The van der Waals surface area contributed by atoms with Crippen LogP contribution in [0.25, 0.3) is 6.08 Å². The first kappa shape index (κ1) is 23.5. The molecule has 1 aliphatic heterocycles. The molecule has 0 saturated carbocycles. The molecule has 0 bridgehead atoms. The van der Waals surface area contributed by atoms with Crippen LogP contribution in [0.2, 0.25) is 0 Å². The number of benzene rings is 3. The van der Waals surface area contributed by atoms with Crippen molar-refractivity contribution in [1.29, 1.82) is 0 Å². The quantitative estimate of drug-likeness (QED) is 0.359. The number of nitrogens with one attached hydrogen (secondary N) is 1. The molecule has 2 amide bonds. The zero-order valence-electron chi connectivity index (χ0n) is 18.4. The molecule has 4 rings (SSSR count). The molecule has 3 aromatic carbocycles. The van der Waals surface area contributed by atoms with E-state index in [1.54, 1.807) is 43.5 Å². The van der Waals surface area contributed by atoms with Gasteiger partial charge in [-0.1, -0.05) is 66.4 Å². The lowest BCUT2D eigenvalue weighted by Gasteiger charge is -2.15. The van der Waals surface area contributed by atoms with Gasteiger partial charge in [-0.25, -0.2) is 0 Å². The van der Waals surface area contributed by atoms with E-state index in [1.807, 2.05) is 36.4 Å². The van der Waals surface area contributed by atoms with Crippen LogP contribution in [-0.4, -0.2) is 34.9 Å². The van der Waals surface area contributed by atoms with E-state index in [9.17, 15) is 9.59 Å². The molecule has 1 saturated heterocycles. The molecular weight excluding hydrogens is 468 g/mol. The van der Waals surface area contributed by atoms with Gasteiger partial charge >= 0.3 is 0 Å². The standard InChI is InChI=1S/C26H22N2O4S2/c1-31-22-16-19(12-13-21(22)32-15-14-18-8-4-2-5-9-18)17-23-25(30)28(26(33)34-23)27-24(29)20-10-6-3-7-11-20/h2-13,16-17H,14-15H2,1H3,(H,27,29)/b23-17-. The fourth-order valence-corrected chi connectivity index (χ4v) is 4.47. The van der Waals surface area contributed by atoms with Gasteiger partial charge in [-0.3, -0.25) is 15.0 Å². The molecule has 0 radical (unpaired) electrons. The fraction of sp³-hybridized carbons (Fsp3) is 0.115. The number of carbonyl (C=O) groups is 2. The average molecular weight is 491 g/mol. The Labute approximate surface area is 207 Å². The first-order valence-electron chi connectivity index (χ1n) is 10.5. The van der Waals surface area contributed by atoms with Crippen molar-refractivity contribution in [3.63, 3.8) is 0 Å². The molecule has 1 N–H and O–H groups in total. The van der Waals surface area contributed by atoms with Crippen molar-refractivity contribution in [3.8, 4) is 11.5 Å². The highest BCUT2D eigenvalue weighted by Gasteiger charge is 2.33. The Bertz CT molecular complexity index is 1230. The van der Waals surface area contributed by atoms with Gasteiger partial charge < -0.3 is 9.47 Å². The number of ether oxygens (including phenoxy) is 2. The summed E-state index contributed by atoms with van der Waals surface area (Å²) < 4.78 is 11.6. The van der Waals surface area contributed by atoms with E-state index in [0.717, 1.165) is 28.8 Å². The van der Waals surface area contributed by atoms with E-state index >= 15 is 0 Å². The number of methoxy groups -OCH3 is 1. The summed E-state index contributed by atoms with van der Waals surface area (Å²) in [6, 6.07) is 24.2. The van der Waals surface area contributed by atoms with Crippen LogP contribution in [0.15, 0.2) is 83.8 Å². The smallest absolute Gasteiger partial charge is 0.285 e. The van der Waals surface area contributed by atoms with E-state index in [0.29, 0.717) is 28.6 Å². The normalized spacial score (nSPS) is 14.4. The minimum Gasteiger partial charge on any atom is -0.493 e. The second-order valence-electron chi connectivity index (χ2n) is 7.32. The molecule has 8 heteroatoms. The summed E-state index contributed by atoms with van der Waals surface area (Å²) in [5, 5.41) is 1.10. The molecule has 0 spiro atoms. The number of thioether (sulfide) groups is 1. The summed E-state index contributed by atoms with van der Waals surface area (Å²) in [6.07, 6.45) is 2.49. The first-order valence-corrected chi connectivity index (χ1v) is 11.8. The second kappa shape index (κ2) is 11.0. The lowest BCUT2D eigenvalue weighted by Crippen LogP contribution is -2.44. The van der Waals surface area contributed by atoms with Crippen LogP contribution in [0.4, 0.5) is 0 Å². The Morgan fingerprint density at radius 1 is 1.03 bits per heavy atom. The van der Waals surface area contributed by atoms with Crippen molar-refractivity contribution < 1.29 is 19.1 Å². The second-order valence-corrected chi connectivity index (χ2v) is 8.99. The number of amides is 2. The number of hydrogen-bond acceptors (Lipinski definition) is 6. The summed E-state index contributed by atoms with van der Waals surface area (Å²) in [5.74, 6) is 0.395. The Morgan fingerprint density at radius 2 is 1.74 bits per heavy atom. The van der Waals surface area contributed by atoms with Crippen molar-refractivity contribution in [2.24, 2.45) is 0 Å². The third-order valence-electron chi connectivity index (χ3n) is 5.02. The Balaban J connectivity index is 1.43. The predicted molar refractivity (Wildman–Crippen MR) is 138 cm³/mol. The number of hydrazine groups is 1. The number of nitrogens with zero attached hydrogens (tertiary/aromatic N) is 1. The molecule has 3 aromatic rings. The van der Waals surface area contributed by atoms with E-state index in [4.69, 9.17) is 21.7 Å². The maximum absolute atomic E-state index is 12.9. The molecule has 172 valence electrons. The van der Waals surface area contributed by atoms with Gasteiger partial charge in [0.05, 0.1) is 18.6 Å². The van der Waals surface area contributed by atoms with Gasteiger partial charge in [0.25, 0.3) is 11.8 Å². The van der Waals surface area contributed by atoms with Crippen molar-refractivity contribution >= 4 is 46.2 Å². The van der Waals surface area contributed by atoms with Crippen molar-refractivity contribution in [2.75, 3.05) is 13.7 Å². The topological polar surface area (TPSA) is 67.9 Å². The van der Waals surface area contributed by atoms with E-state index in [2.05, 4.69) is 17.6 Å². The van der Waals surface area contributed by atoms with Crippen molar-refractivity contribution in [2.45, 2.75) is 6.42 Å². The third-order valence-corrected chi connectivity index (χ3v) is 6.32. The van der Waals surface area contributed by atoms with E-state index in [-0.39, 0.29) is 10.2 Å². The predicted octanol–water partition coefficient (Wildman–Crippen LogP) is 4.86. The molecule has 1 heterocycles. The number of carbonyl (C=O) groups excluding carboxylic acids is 2. The van der Waals surface area contributed by atoms with E-state index in [1.165, 1.54) is 5.56 Å². The van der Waals surface area contributed by atoms with Crippen molar-refractivity contribution in [3.05, 3.63) is 100 Å². The largest absolute Gasteiger partial charge is 0.493 e. The number of rotatable bonds is 8. The maximum Gasteiger partial charge on any atom is 0.285 e. The first-order chi connectivity index (χ1) is 16.5. The van der Waals surface area contributed by atoms with Gasteiger partial charge in [-0.15, -0.1) is 0 Å². The summed E-state index contributed by atoms with van der Waals surface area (Å²) in [5.41, 5.74) is 4.96. The van der Waals surface area contributed by atoms with Gasteiger partial charge in [0.1, 0.15) is 0 Å². The number of thiocarbonyl (C=S) groups is 1. The van der Waals surface area contributed by atoms with Crippen LogP contribution >= 0.6 is 24.0 Å². The highest BCUT2D eigenvalue weighted by Crippen LogP contribution is 2.34. The average Bonchev–Trinajstić information content (AvgIpc) is 3.13. The molecule has 0 aromatic heterocycles. The lowest BCUT2D eigenvalue weighted by molar-refractivity contribution is -0.123. The van der Waals surface area contributed by atoms with E-state index < -0.39 is 5.91 Å². The SMILES string of the molecule is COc1cc(/C=C2\SC(=S)N(NC(=O)c3ccccc3)C2=O)ccc1OCCc1ccccc1. The lowest BCUT2D eigenvalue weighted by atomic mass is 10.1. The maximum atomic E-state index is 12.9. The zero-order valence-corrected chi connectivity index (χ0v) is 20.0. The van der Waals surface area contributed by atoms with Crippen LogP contribution in [0.5, 0.6) is 11.5 Å². The Kier molecular flexibility index (Phi) is 7.61. The van der Waals surface area contributed by atoms with Crippen LogP contribution in [-0.2, 0) is 11.2 Å². The van der Waals surface area contributed by atoms with Crippen LogP contribution < -0.4 is 14.9 Å². The molecule has 1 aliphatic rings. The van der Waals surface area contributed by atoms with Crippen LogP contribution in [0.1, 0.15) is 21.5 Å². The Morgan fingerprint density at radius 3 is 2.44 bits per heavy atom. The molecule has 1 fully saturated rings. The van der Waals surface area contributed by atoms with Gasteiger partial charge in [0.15, 0.2) is 15.8 Å². The molecule has 0 atom stereocenters. The monoisotopic (exact) mass is 490 g/mol. The van der Waals surface area contributed by atoms with Gasteiger partial charge in [0, 0.05) is 12.0 Å². The highest BCUT2D eigenvalue weighted by molar-refractivity contribution is 8.26. The minimum atomic E-state index is -0.406. The molecule has 0 unspecified atom stereocenters. The molecule has 6 nitrogen and oxygen atoms in total. The molecular formula is C26H22N2O4S2. The minimum absolute atomic E-state index is 0.258. The molecule has 0 aliphatic carbocycles. The Hall–Kier alpha value is -3.62.